The van der Waals surface area contributed by atoms with Crippen LogP contribution in [0.2, 0.25) is 0 Å². The normalized spacial score (nSPS) is 26.9. The summed E-state index contributed by atoms with van der Waals surface area (Å²) < 4.78 is 0. The fourth-order valence-corrected chi connectivity index (χ4v) is 3.60. The molecule has 0 aromatic carbocycles. The molecule has 16 heavy (non-hydrogen) atoms. The molecule has 2 aliphatic rings. The first kappa shape index (κ1) is 12.2. The molecule has 1 amide bonds. The number of nitrogens with zero attached hydrogens (tertiary/aromatic N) is 1. The number of amides is 1. The van der Waals surface area contributed by atoms with Crippen molar-refractivity contribution in [3.63, 3.8) is 0 Å². The molecule has 4 heteroatoms. The fourth-order valence-electron chi connectivity index (χ4n) is 2.67. The third-order valence-corrected chi connectivity index (χ3v) is 4.59. The van der Waals surface area contributed by atoms with Crippen molar-refractivity contribution >= 4 is 17.7 Å². The van der Waals surface area contributed by atoms with Gasteiger partial charge in [-0.25, -0.2) is 0 Å². The van der Waals surface area contributed by atoms with Crippen molar-refractivity contribution in [1.82, 2.24) is 10.2 Å². The van der Waals surface area contributed by atoms with E-state index in [1.54, 1.807) is 0 Å². The zero-order valence-corrected chi connectivity index (χ0v) is 10.9. The Bertz CT molecular complexity index is 235. The van der Waals surface area contributed by atoms with Gasteiger partial charge in [0.05, 0.1) is 6.04 Å². The summed E-state index contributed by atoms with van der Waals surface area (Å²) in [6.45, 7) is 0.960. The second-order valence-electron chi connectivity index (χ2n) is 4.99. The molecule has 1 unspecified atom stereocenters. The third kappa shape index (κ3) is 3.14. The van der Waals surface area contributed by atoms with E-state index in [2.05, 4.69) is 5.32 Å². The van der Waals surface area contributed by atoms with Crippen LogP contribution in [0.4, 0.5) is 0 Å². The van der Waals surface area contributed by atoms with Gasteiger partial charge in [0.1, 0.15) is 0 Å². The van der Waals surface area contributed by atoms with E-state index in [0.29, 0.717) is 0 Å². The van der Waals surface area contributed by atoms with E-state index in [4.69, 9.17) is 0 Å². The molecule has 92 valence electrons. The topological polar surface area (TPSA) is 32.3 Å². The van der Waals surface area contributed by atoms with E-state index in [0.717, 1.165) is 24.1 Å². The molecule has 0 spiro atoms. The summed E-state index contributed by atoms with van der Waals surface area (Å²) in [4.78, 5) is 14.0. The molecular weight excluding hydrogens is 220 g/mol. The predicted octanol–water partition coefficient (Wildman–Crippen LogP) is 1.69. The molecule has 1 N–H and O–H groups in total. The maximum absolute atomic E-state index is 12.1. The van der Waals surface area contributed by atoms with E-state index < -0.39 is 0 Å². The van der Waals surface area contributed by atoms with Gasteiger partial charge in [-0.2, -0.15) is 0 Å². The van der Waals surface area contributed by atoms with E-state index in [-0.39, 0.29) is 11.9 Å². The second-order valence-corrected chi connectivity index (χ2v) is 6.02. The number of thioether (sulfide) groups is 1. The van der Waals surface area contributed by atoms with Gasteiger partial charge in [0.25, 0.3) is 0 Å². The first-order valence-corrected chi connectivity index (χ1v) is 7.49. The molecule has 3 nitrogen and oxygen atoms in total. The lowest BCUT2D eigenvalue weighted by Gasteiger charge is -2.28. The number of nitrogens with one attached hydrogen (secondary N) is 1. The monoisotopic (exact) mass is 242 g/mol. The molecule has 2 rings (SSSR count). The lowest BCUT2D eigenvalue weighted by molar-refractivity contribution is -0.132. The molecule has 1 heterocycles. The molecule has 1 aliphatic heterocycles. The van der Waals surface area contributed by atoms with Crippen molar-refractivity contribution in [2.24, 2.45) is 5.92 Å². The van der Waals surface area contributed by atoms with Crippen LogP contribution in [-0.4, -0.2) is 42.1 Å². The average Bonchev–Trinajstić information content (AvgIpc) is 2.83. The summed E-state index contributed by atoms with van der Waals surface area (Å²) in [6.07, 6.45) is 6.71. The third-order valence-electron chi connectivity index (χ3n) is 3.65. The van der Waals surface area contributed by atoms with Crippen LogP contribution >= 0.6 is 11.8 Å². The van der Waals surface area contributed by atoms with E-state index >= 15 is 0 Å². The van der Waals surface area contributed by atoms with Gasteiger partial charge in [-0.05, 0) is 18.8 Å². The van der Waals surface area contributed by atoms with Crippen LogP contribution in [0.1, 0.15) is 32.1 Å². The van der Waals surface area contributed by atoms with Crippen molar-refractivity contribution in [2.45, 2.75) is 38.1 Å². The quantitative estimate of drug-likeness (QED) is 0.817. The Morgan fingerprint density at radius 1 is 1.38 bits per heavy atom. The van der Waals surface area contributed by atoms with Crippen LogP contribution in [0.25, 0.3) is 0 Å². The van der Waals surface area contributed by atoms with Crippen molar-refractivity contribution < 1.29 is 4.79 Å². The Morgan fingerprint density at radius 2 is 2.12 bits per heavy atom. The summed E-state index contributed by atoms with van der Waals surface area (Å²) in [5.41, 5.74) is 0. The highest BCUT2D eigenvalue weighted by Crippen LogP contribution is 2.24. The van der Waals surface area contributed by atoms with Crippen LogP contribution in [0, 0.1) is 5.92 Å². The van der Waals surface area contributed by atoms with E-state index in [9.17, 15) is 4.79 Å². The van der Waals surface area contributed by atoms with Crippen LogP contribution in [0.5, 0.6) is 0 Å². The largest absolute Gasteiger partial charge is 0.344 e. The van der Waals surface area contributed by atoms with E-state index in [1.807, 2.05) is 23.7 Å². The fraction of sp³-hybridized carbons (Fsp3) is 0.917. The number of likely N-dealkylation sites (N-methyl/N-ethyl adjacent to an activating group) is 1. The Balaban J connectivity index is 1.77. The van der Waals surface area contributed by atoms with Crippen molar-refractivity contribution in [2.75, 3.05) is 25.2 Å². The number of rotatable bonds is 3. The smallest absolute Gasteiger partial charge is 0.240 e. The summed E-state index contributed by atoms with van der Waals surface area (Å²) in [6, 6.07) is 0.0681. The summed E-state index contributed by atoms with van der Waals surface area (Å²) >= 11 is 1.82. The van der Waals surface area contributed by atoms with Crippen LogP contribution in [0.15, 0.2) is 0 Å². The Morgan fingerprint density at radius 3 is 2.75 bits per heavy atom. The minimum absolute atomic E-state index is 0.0681. The summed E-state index contributed by atoms with van der Waals surface area (Å²) in [5, 5.41) is 3.25. The van der Waals surface area contributed by atoms with Gasteiger partial charge in [0, 0.05) is 25.2 Å². The maximum Gasteiger partial charge on any atom is 0.240 e. The zero-order valence-electron chi connectivity index (χ0n) is 10.1. The van der Waals surface area contributed by atoms with Crippen LogP contribution in [0.3, 0.4) is 0 Å². The van der Waals surface area contributed by atoms with Crippen LogP contribution < -0.4 is 5.32 Å². The number of carbonyl (C=O) groups excluding carboxylic acids is 1. The molecular formula is C12H22N2OS. The lowest BCUT2D eigenvalue weighted by atomic mass is 9.89. The molecule has 1 saturated heterocycles. The van der Waals surface area contributed by atoms with Crippen LogP contribution in [-0.2, 0) is 4.79 Å². The number of hydrogen-bond donors (Lipinski definition) is 1. The summed E-state index contributed by atoms with van der Waals surface area (Å²) in [7, 11) is 1.96. The SMILES string of the molecule is CN(CC1CCCCC1)C(=O)C1CSCN1. The van der Waals surface area contributed by atoms with Gasteiger partial charge in [-0.3, -0.25) is 10.1 Å². The van der Waals surface area contributed by atoms with Gasteiger partial charge in [0.2, 0.25) is 5.91 Å². The maximum atomic E-state index is 12.1. The van der Waals surface area contributed by atoms with Gasteiger partial charge < -0.3 is 4.90 Å². The molecule has 0 bridgehead atoms. The van der Waals surface area contributed by atoms with Gasteiger partial charge in [0.15, 0.2) is 0 Å². The second kappa shape index (κ2) is 5.92. The van der Waals surface area contributed by atoms with Gasteiger partial charge in [-0.1, -0.05) is 19.3 Å². The Kier molecular flexibility index (Phi) is 4.53. The molecule has 0 aromatic heterocycles. The molecule has 2 fully saturated rings. The van der Waals surface area contributed by atoms with Crippen molar-refractivity contribution in [3.8, 4) is 0 Å². The molecule has 1 aliphatic carbocycles. The molecule has 0 radical (unpaired) electrons. The standard InChI is InChI=1S/C12H22N2OS/c1-14(7-10-5-3-2-4-6-10)12(15)11-8-16-9-13-11/h10-11,13H,2-9H2,1H3. The predicted molar refractivity (Wildman–Crippen MR) is 68.5 cm³/mol. The lowest BCUT2D eigenvalue weighted by Crippen LogP contribution is -2.44. The van der Waals surface area contributed by atoms with Gasteiger partial charge in [-0.15, -0.1) is 11.8 Å². The highest BCUT2D eigenvalue weighted by Gasteiger charge is 2.26. The number of hydrogen-bond acceptors (Lipinski definition) is 3. The minimum atomic E-state index is 0.0681. The number of carbonyl (C=O) groups is 1. The van der Waals surface area contributed by atoms with Crippen molar-refractivity contribution in [1.29, 1.82) is 0 Å². The average molecular weight is 242 g/mol. The molecule has 0 aromatic rings. The molecule has 1 saturated carbocycles. The Hall–Kier alpha value is -0.220. The minimum Gasteiger partial charge on any atom is -0.344 e. The highest BCUT2D eigenvalue weighted by molar-refractivity contribution is 7.99. The van der Waals surface area contributed by atoms with Gasteiger partial charge >= 0.3 is 0 Å². The summed E-state index contributed by atoms with van der Waals surface area (Å²) in [5.74, 6) is 2.90. The first-order chi connectivity index (χ1) is 7.77. The first-order valence-electron chi connectivity index (χ1n) is 6.33. The Labute approximate surface area is 102 Å². The molecule has 1 atom stereocenters. The van der Waals surface area contributed by atoms with E-state index in [1.165, 1.54) is 32.1 Å². The highest BCUT2D eigenvalue weighted by atomic mass is 32.2. The zero-order chi connectivity index (χ0) is 11.4. The van der Waals surface area contributed by atoms with Crippen molar-refractivity contribution in [3.05, 3.63) is 0 Å².